The molecule has 2 heterocycles. The third kappa shape index (κ3) is 2.87. The molecule has 114 valence electrons. The number of nitrogens with zero attached hydrogens (tertiary/aromatic N) is 2. The number of aliphatic hydroxyl groups excluding tert-OH is 1. The van der Waals surface area contributed by atoms with Crippen molar-refractivity contribution in [1.29, 1.82) is 0 Å². The lowest BCUT2D eigenvalue weighted by atomic mass is 10.1. The van der Waals surface area contributed by atoms with Crippen LogP contribution < -0.4 is 10.5 Å². The Morgan fingerprint density at radius 1 is 1.36 bits per heavy atom. The van der Waals surface area contributed by atoms with Crippen LogP contribution in [-0.2, 0) is 13.2 Å². The number of amides is 1. The molecule has 2 aromatic rings. The highest BCUT2D eigenvalue weighted by atomic mass is 16.5. The summed E-state index contributed by atoms with van der Waals surface area (Å²) in [6.07, 6.45) is 1.48. The van der Waals surface area contributed by atoms with E-state index in [1.807, 2.05) is 18.2 Å². The topological polar surface area (TPSA) is 88.7 Å². The fourth-order valence-corrected chi connectivity index (χ4v) is 2.43. The SMILES string of the molecule is Nc1ccc(C(=O)N2CCOc3ccc(CO)cc3C2)cn1. The Balaban J connectivity index is 1.85. The van der Waals surface area contributed by atoms with Crippen LogP contribution in [0.5, 0.6) is 5.75 Å². The van der Waals surface area contributed by atoms with Crippen molar-refractivity contribution in [2.24, 2.45) is 0 Å². The highest BCUT2D eigenvalue weighted by Gasteiger charge is 2.21. The highest BCUT2D eigenvalue weighted by Crippen LogP contribution is 2.25. The number of ether oxygens (including phenoxy) is 1. The zero-order chi connectivity index (χ0) is 15.5. The van der Waals surface area contributed by atoms with Crippen LogP contribution in [0.4, 0.5) is 5.82 Å². The van der Waals surface area contributed by atoms with E-state index in [0.29, 0.717) is 31.1 Å². The maximum atomic E-state index is 12.6. The largest absolute Gasteiger partial charge is 0.491 e. The molecule has 0 aliphatic carbocycles. The van der Waals surface area contributed by atoms with Crippen LogP contribution in [0.25, 0.3) is 0 Å². The number of pyridine rings is 1. The van der Waals surface area contributed by atoms with E-state index in [4.69, 9.17) is 10.5 Å². The molecule has 6 heteroatoms. The number of carbonyl (C=O) groups is 1. The van der Waals surface area contributed by atoms with Crippen molar-refractivity contribution in [1.82, 2.24) is 9.88 Å². The summed E-state index contributed by atoms with van der Waals surface area (Å²) in [5.41, 5.74) is 7.73. The van der Waals surface area contributed by atoms with Gasteiger partial charge in [-0.15, -0.1) is 0 Å². The molecule has 3 rings (SSSR count). The molecular weight excluding hydrogens is 282 g/mol. The number of hydrogen-bond acceptors (Lipinski definition) is 5. The van der Waals surface area contributed by atoms with Crippen LogP contribution in [0.3, 0.4) is 0 Å². The van der Waals surface area contributed by atoms with E-state index in [0.717, 1.165) is 16.9 Å². The fraction of sp³-hybridized carbons (Fsp3) is 0.250. The van der Waals surface area contributed by atoms with Gasteiger partial charge in [-0.3, -0.25) is 4.79 Å². The van der Waals surface area contributed by atoms with Gasteiger partial charge in [-0.25, -0.2) is 4.98 Å². The molecule has 0 atom stereocenters. The molecule has 0 unspecified atom stereocenters. The lowest BCUT2D eigenvalue weighted by Gasteiger charge is -2.20. The Morgan fingerprint density at radius 3 is 2.95 bits per heavy atom. The van der Waals surface area contributed by atoms with E-state index in [-0.39, 0.29) is 12.5 Å². The van der Waals surface area contributed by atoms with Crippen molar-refractivity contribution in [2.75, 3.05) is 18.9 Å². The Bertz CT molecular complexity index is 686. The molecule has 1 aliphatic heterocycles. The minimum atomic E-state index is -0.113. The minimum Gasteiger partial charge on any atom is -0.491 e. The molecule has 3 N–H and O–H groups in total. The number of rotatable bonds is 2. The lowest BCUT2D eigenvalue weighted by molar-refractivity contribution is 0.0733. The summed E-state index contributed by atoms with van der Waals surface area (Å²) in [5.74, 6) is 1.02. The van der Waals surface area contributed by atoms with Crippen LogP contribution in [-0.4, -0.2) is 34.0 Å². The van der Waals surface area contributed by atoms with E-state index in [1.54, 1.807) is 17.0 Å². The third-order valence-electron chi connectivity index (χ3n) is 3.61. The smallest absolute Gasteiger partial charge is 0.255 e. The second kappa shape index (κ2) is 6.03. The number of aliphatic hydroxyl groups is 1. The summed E-state index contributed by atoms with van der Waals surface area (Å²) >= 11 is 0. The van der Waals surface area contributed by atoms with Gasteiger partial charge in [0.2, 0.25) is 0 Å². The monoisotopic (exact) mass is 299 g/mol. The van der Waals surface area contributed by atoms with E-state index >= 15 is 0 Å². The van der Waals surface area contributed by atoms with Gasteiger partial charge >= 0.3 is 0 Å². The van der Waals surface area contributed by atoms with Crippen molar-refractivity contribution in [2.45, 2.75) is 13.2 Å². The summed E-state index contributed by atoms with van der Waals surface area (Å²) in [5, 5.41) is 9.25. The number of anilines is 1. The summed E-state index contributed by atoms with van der Waals surface area (Å²) in [6.45, 7) is 1.32. The Hall–Kier alpha value is -2.60. The zero-order valence-electron chi connectivity index (χ0n) is 12.0. The van der Waals surface area contributed by atoms with Gasteiger partial charge in [0.1, 0.15) is 18.2 Å². The van der Waals surface area contributed by atoms with Gasteiger partial charge in [-0.1, -0.05) is 6.07 Å². The first-order valence-electron chi connectivity index (χ1n) is 7.03. The summed E-state index contributed by atoms with van der Waals surface area (Å²) in [4.78, 5) is 18.2. The predicted octanol–water partition coefficient (Wildman–Crippen LogP) is 1.19. The average molecular weight is 299 g/mol. The average Bonchev–Trinajstić information content (AvgIpc) is 2.76. The van der Waals surface area contributed by atoms with Gasteiger partial charge in [0, 0.05) is 18.3 Å². The van der Waals surface area contributed by atoms with Crippen LogP contribution in [0.1, 0.15) is 21.5 Å². The third-order valence-corrected chi connectivity index (χ3v) is 3.61. The molecule has 6 nitrogen and oxygen atoms in total. The van der Waals surface area contributed by atoms with Crippen LogP contribution >= 0.6 is 0 Å². The predicted molar refractivity (Wildman–Crippen MR) is 81.2 cm³/mol. The van der Waals surface area contributed by atoms with Crippen LogP contribution in [0.2, 0.25) is 0 Å². The Morgan fingerprint density at radius 2 is 2.23 bits per heavy atom. The lowest BCUT2D eigenvalue weighted by Crippen LogP contribution is -2.32. The van der Waals surface area contributed by atoms with E-state index in [1.165, 1.54) is 6.20 Å². The van der Waals surface area contributed by atoms with Gasteiger partial charge in [-0.05, 0) is 29.8 Å². The molecule has 0 spiro atoms. The van der Waals surface area contributed by atoms with Crippen molar-refractivity contribution in [3.63, 3.8) is 0 Å². The molecule has 1 aromatic heterocycles. The maximum Gasteiger partial charge on any atom is 0.255 e. The Kier molecular flexibility index (Phi) is 3.93. The minimum absolute atomic E-state index is 0.0386. The number of carbonyl (C=O) groups excluding carboxylic acids is 1. The standard InChI is InChI=1S/C16H17N3O3/c17-15-4-2-12(8-18-15)16(21)19-5-6-22-14-3-1-11(10-20)7-13(14)9-19/h1-4,7-8,20H,5-6,9-10H2,(H2,17,18). The van der Waals surface area contributed by atoms with Crippen molar-refractivity contribution in [3.8, 4) is 5.75 Å². The molecule has 0 radical (unpaired) electrons. The van der Waals surface area contributed by atoms with E-state index < -0.39 is 0 Å². The first kappa shape index (κ1) is 14.3. The van der Waals surface area contributed by atoms with E-state index in [9.17, 15) is 9.90 Å². The van der Waals surface area contributed by atoms with Crippen LogP contribution in [0.15, 0.2) is 36.5 Å². The van der Waals surface area contributed by atoms with Gasteiger partial charge in [0.15, 0.2) is 0 Å². The maximum absolute atomic E-state index is 12.6. The van der Waals surface area contributed by atoms with Gasteiger partial charge < -0.3 is 20.5 Å². The highest BCUT2D eigenvalue weighted by molar-refractivity contribution is 5.94. The van der Waals surface area contributed by atoms with Gasteiger partial charge in [0.05, 0.1) is 18.7 Å². The number of fused-ring (bicyclic) bond motifs is 1. The molecule has 1 aromatic carbocycles. The number of nitrogen functional groups attached to an aromatic ring is 1. The number of hydrogen-bond donors (Lipinski definition) is 2. The quantitative estimate of drug-likeness (QED) is 0.869. The van der Waals surface area contributed by atoms with Crippen molar-refractivity contribution < 1.29 is 14.6 Å². The normalized spacial score (nSPS) is 14.0. The molecule has 1 aliphatic rings. The molecule has 1 amide bonds. The molecule has 0 bridgehead atoms. The van der Waals surface area contributed by atoms with Gasteiger partial charge in [-0.2, -0.15) is 0 Å². The number of nitrogens with two attached hydrogens (primary N) is 1. The van der Waals surface area contributed by atoms with Crippen LogP contribution in [0, 0.1) is 0 Å². The molecule has 0 saturated heterocycles. The van der Waals surface area contributed by atoms with E-state index in [2.05, 4.69) is 4.98 Å². The molecular formula is C16H17N3O3. The molecule has 22 heavy (non-hydrogen) atoms. The second-order valence-corrected chi connectivity index (χ2v) is 5.15. The first-order chi connectivity index (χ1) is 10.7. The zero-order valence-corrected chi connectivity index (χ0v) is 12.0. The summed E-state index contributed by atoms with van der Waals surface area (Å²) in [7, 11) is 0. The Labute approximate surface area is 128 Å². The molecule has 0 fully saturated rings. The van der Waals surface area contributed by atoms with Crippen molar-refractivity contribution >= 4 is 11.7 Å². The second-order valence-electron chi connectivity index (χ2n) is 5.15. The summed E-state index contributed by atoms with van der Waals surface area (Å²) < 4.78 is 5.67. The van der Waals surface area contributed by atoms with Gasteiger partial charge in [0.25, 0.3) is 5.91 Å². The van der Waals surface area contributed by atoms with Crippen molar-refractivity contribution in [3.05, 3.63) is 53.2 Å². The molecule has 0 saturated carbocycles. The first-order valence-corrected chi connectivity index (χ1v) is 7.03. The summed E-state index contributed by atoms with van der Waals surface area (Å²) in [6, 6.07) is 8.79. The fourth-order valence-electron chi connectivity index (χ4n) is 2.43. The number of benzene rings is 1. The number of aromatic nitrogens is 1.